The van der Waals surface area contributed by atoms with Gasteiger partial charge in [-0.2, -0.15) is 5.26 Å². The van der Waals surface area contributed by atoms with Gasteiger partial charge in [0.2, 0.25) is 0 Å². The van der Waals surface area contributed by atoms with Gasteiger partial charge >= 0.3 is 5.97 Å². The zero-order chi connectivity index (χ0) is 31.1. The SMILES string of the molecule is COC(=O)CN(C[C@@H](CCN1CCC(N2CCCCC2)CC1)c1ccc(Cl)c(Cl)c1)C(=O)c1cc(C#N)cc2ccccc12. The van der Waals surface area contributed by atoms with E-state index in [0.29, 0.717) is 27.2 Å². The molecule has 0 aliphatic carbocycles. The molecule has 2 aliphatic heterocycles. The van der Waals surface area contributed by atoms with Crippen LogP contribution >= 0.6 is 23.2 Å². The Balaban J connectivity index is 1.38. The fourth-order valence-corrected chi connectivity index (χ4v) is 6.99. The van der Waals surface area contributed by atoms with Crippen molar-refractivity contribution >= 4 is 45.9 Å². The van der Waals surface area contributed by atoms with Gasteiger partial charge in [-0.05, 0) is 105 Å². The van der Waals surface area contributed by atoms with Crippen LogP contribution in [0.15, 0.2) is 54.6 Å². The summed E-state index contributed by atoms with van der Waals surface area (Å²) >= 11 is 12.7. The Labute approximate surface area is 270 Å². The lowest BCUT2D eigenvalue weighted by Crippen LogP contribution is -2.47. The highest BCUT2D eigenvalue weighted by Gasteiger charge is 2.29. The van der Waals surface area contributed by atoms with E-state index in [1.54, 1.807) is 23.1 Å². The van der Waals surface area contributed by atoms with Gasteiger partial charge in [0.15, 0.2) is 0 Å². The first-order valence-electron chi connectivity index (χ1n) is 15.6. The number of carbonyl (C=O) groups is 2. The van der Waals surface area contributed by atoms with E-state index in [0.717, 1.165) is 42.4 Å². The van der Waals surface area contributed by atoms with Gasteiger partial charge in [-0.3, -0.25) is 9.59 Å². The van der Waals surface area contributed by atoms with Gasteiger partial charge in [-0.25, -0.2) is 0 Å². The second kappa shape index (κ2) is 15.2. The van der Waals surface area contributed by atoms with Crippen molar-refractivity contribution in [1.82, 2.24) is 14.7 Å². The first-order chi connectivity index (χ1) is 21.4. The monoisotopic (exact) mass is 634 g/mol. The van der Waals surface area contributed by atoms with Gasteiger partial charge in [-0.1, -0.05) is 60.0 Å². The number of benzene rings is 3. The number of rotatable bonds is 10. The second-order valence-corrected chi connectivity index (χ2v) is 12.8. The van der Waals surface area contributed by atoms with Gasteiger partial charge in [0.25, 0.3) is 5.91 Å². The molecule has 3 aromatic rings. The number of fused-ring (bicyclic) bond motifs is 1. The Morgan fingerprint density at radius 1 is 1.00 bits per heavy atom. The number of piperidine rings is 2. The number of amides is 1. The van der Waals surface area contributed by atoms with Crippen LogP contribution in [0.5, 0.6) is 0 Å². The smallest absolute Gasteiger partial charge is 0.325 e. The van der Waals surface area contributed by atoms with E-state index in [4.69, 9.17) is 27.9 Å². The normalized spacial score (nSPS) is 17.2. The quantitative estimate of drug-likeness (QED) is 0.229. The molecular weight excluding hydrogens is 595 g/mol. The Bertz CT molecular complexity index is 1510. The molecule has 0 spiro atoms. The molecule has 0 unspecified atom stereocenters. The summed E-state index contributed by atoms with van der Waals surface area (Å²) in [6.07, 6.45) is 7.09. The zero-order valence-corrected chi connectivity index (χ0v) is 26.8. The van der Waals surface area contributed by atoms with Gasteiger partial charge in [-0.15, -0.1) is 0 Å². The van der Waals surface area contributed by atoms with E-state index >= 15 is 0 Å². The fraction of sp³-hybridized carbons (Fsp3) is 0.457. The number of carbonyl (C=O) groups excluding carboxylic acids is 2. The molecule has 0 saturated carbocycles. The number of nitriles is 1. The first kappa shape index (κ1) is 32.2. The third-order valence-electron chi connectivity index (χ3n) is 9.17. The van der Waals surface area contributed by atoms with E-state index in [9.17, 15) is 14.9 Å². The molecule has 0 bridgehead atoms. The minimum Gasteiger partial charge on any atom is -0.468 e. The number of halogens is 2. The molecule has 7 nitrogen and oxygen atoms in total. The van der Waals surface area contributed by atoms with Crippen LogP contribution in [0.2, 0.25) is 10.0 Å². The lowest BCUT2D eigenvalue weighted by atomic mass is 9.93. The summed E-state index contributed by atoms with van der Waals surface area (Å²) in [6.45, 7) is 5.48. The second-order valence-electron chi connectivity index (χ2n) is 11.9. The van der Waals surface area contributed by atoms with Crippen LogP contribution in [0.4, 0.5) is 0 Å². The molecule has 5 rings (SSSR count). The molecule has 1 atom stereocenters. The van der Waals surface area contributed by atoms with E-state index in [1.165, 1.54) is 52.3 Å². The standard InChI is InChI=1S/C35H40Cl2N4O3/c1-44-34(42)24-41(35(43)31-20-25(22-38)19-27-7-3-4-8-30(27)31)23-28(26-9-10-32(36)33(37)21-26)11-16-39-17-12-29(13-18-39)40-14-5-2-6-15-40/h3-4,7-10,19-21,28-29H,2,5-6,11-18,23-24H2,1H3/t28-/m1/s1. The predicted molar refractivity (Wildman–Crippen MR) is 175 cm³/mol. The number of methoxy groups -OCH3 is 1. The highest BCUT2D eigenvalue weighted by molar-refractivity contribution is 6.42. The topological polar surface area (TPSA) is 76.9 Å². The van der Waals surface area contributed by atoms with E-state index in [1.807, 2.05) is 36.4 Å². The summed E-state index contributed by atoms with van der Waals surface area (Å²) in [7, 11) is 1.32. The molecule has 0 aromatic heterocycles. The summed E-state index contributed by atoms with van der Waals surface area (Å²) in [5.74, 6) is -0.938. The molecule has 2 saturated heterocycles. The summed E-state index contributed by atoms with van der Waals surface area (Å²) < 4.78 is 5.00. The maximum absolute atomic E-state index is 14.2. The Hall–Kier alpha value is -3.15. The maximum Gasteiger partial charge on any atom is 0.325 e. The van der Waals surface area contributed by atoms with Crippen molar-refractivity contribution in [2.75, 3.05) is 52.9 Å². The zero-order valence-electron chi connectivity index (χ0n) is 25.3. The minimum atomic E-state index is -0.508. The van der Waals surface area contributed by atoms with E-state index < -0.39 is 5.97 Å². The molecular formula is C35H40Cl2N4O3. The lowest BCUT2D eigenvalue weighted by Gasteiger charge is -2.40. The van der Waals surface area contributed by atoms with Crippen LogP contribution in [0, 0.1) is 11.3 Å². The molecule has 2 heterocycles. The number of nitrogens with zero attached hydrogens (tertiary/aromatic N) is 4. The Kier molecular flexibility index (Phi) is 11.2. The van der Waals surface area contributed by atoms with Crippen LogP contribution in [-0.4, -0.2) is 85.5 Å². The average Bonchev–Trinajstić information content (AvgIpc) is 3.07. The van der Waals surface area contributed by atoms with Crippen LogP contribution in [0.1, 0.15) is 65.9 Å². The highest BCUT2D eigenvalue weighted by Crippen LogP contribution is 2.31. The molecule has 44 heavy (non-hydrogen) atoms. The predicted octanol–water partition coefficient (Wildman–Crippen LogP) is 6.76. The number of esters is 1. The molecule has 9 heteroatoms. The Morgan fingerprint density at radius 3 is 2.45 bits per heavy atom. The molecule has 2 aliphatic rings. The number of hydrogen-bond acceptors (Lipinski definition) is 6. The highest BCUT2D eigenvalue weighted by atomic mass is 35.5. The number of ether oxygens (including phenoxy) is 1. The van der Waals surface area contributed by atoms with Crippen molar-refractivity contribution in [3.8, 4) is 6.07 Å². The van der Waals surface area contributed by atoms with Crippen LogP contribution < -0.4 is 0 Å². The molecule has 3 aromatic carbocycles. The first-order valence-corrected chi connectivity index (χ1v) is 16.3. The average molecular weight is 636 g/mol. The number of hydrogen-bond donors (Lipinski definition) is 0. The van der Waals surface area contributed by atoms with E-state index in [-0.39, 0.29) is 24.9 Å². The summed E-state index contributed by atoms with van der Waals surface area (Å²) in [5.41, 5.74) is 1.73. The van der Waals surface area contributed by atoms with Crippen LogP contribution in [0.25, 0.3) is 10.8 Å². The van der Waals surface area contributed by atoms with E-state index in [2.05, 4.69) is 15.9 Å². The molecule has 0 N–H and O–H groups in total. The van der Waals surface area contributed by atoms with Gasteiger partial charge < -0.3 is 19.4 Å². The minimum absolute atomic E-state index is 0.108. The fourth-order valence-electron chi connectivity index (χ4n) is 6.69. The lowest BCUT2D eigenvalue weighted by molar-refractivity contribution is -0.141. The third-order valence-corrected chi connectivity index (χ3v) is 9.91. The van der Waals surface area contributed by atoms with Crippen molar-refractivity contribution in [3.63, 3.8) is 0 Å². The number of likely N-dealkylation sites (tertiary alicyclic amines) is 2. The van der Waals surface area contributed by atoms with Crippen molar-refractivity contribution < 1.29 is 14.3 Å². The van der Waals surface area contributed by atoms with Crippen molar-refractivity contribution in [2.24, 2.45) is 0 Å². The van der Waals surface area contributed by atoms with Crippen molar-refractivity contribution in [1.29, 1.82) is 5.26 Å². The van der Waals surface area contributed by atoms with Gasteiger partial charge in [0.05, 0.1) is 28.8 Å². The summed E-state index contributed by atoms with van der Waals surface area (Å²) in [4.78, 5) is 33.6. The molecule has 0 radical (unpaired) electrons. The summed E-state index contributed by atoms with van der Waals surface area (Å²) in [6, 6.07) is 19.3. The van der Waals surface area contributed by atoms with Gasteiger partial charge in [0.1, 0.15) is 6.54 Å². The summed E-state index contributed by atoms with van der Waals surface area (Å²) in [5, 5.41) is 12.1. The Morgan fingerprint density at radius 2 is 1.75 bits per heavy atom. The molecule has 1 amide bonds. The van der Waals surface area contributed by atoms with Crippen LogP contribution in [-0.2, 0) is 9.53 Å². The molecule has 232 valence electrons. The van der Waals surface area contributed by atoms with Crippen molar-refractivity contribution in [2.45, 2.75) is 50.5 Å². The maximum atomic E-state index is 14.2. The largest absolute Gasteiger partial charge is 0.468 e. The van der Waals surface area contributed by atoms with Gasteiger partial charge in [0, 0.05) is 24.1 Å². The molecule has 2 fully saturated rings. The third kappa shape index (κ3) is 7.92. The van der Waals surface area contributed by atoms with Crippen LogP contribution in [0.3, 0.4) is 0 Å². The van der Waals surface area contributed by atoms with Crippen molar-refractivity contribution in [3.05, 3.63) is 81.3 Å².